The normalized spacial score (nSPS) is 23.4. The van der Waals surface area contributed by atoms with Crippen LogP contribution in [0.15, 0.2) is 12.2 Å². The van der Waals surface area contributed by atoms with Crippen LogP contribution in [0.3, 0.4) is 0 Å². The smallest absolute Gasteiger partial charge is 0.327 e. The Morgan fingerprint density at radius 3 is 2.56 bits per heavy atom. The Morgan fingerprint density at radius 2 is 1.88 bits per heavy atom. The molecule has 0 aromatic rings. The summed E-state index contributed by atoms with van der Waals surface area (Å²) >= 11 is 0. The van der Waals surface area contributed by atoms with Crippen LogP contribution in [0.25, 0.3) is 0 Å². The van der Waals surface area contributed by atoms with Crippen LogP contribution >= 0.6 is 0 Å². The number of hydrogen-bond donors (Lipinski definition) is 2. The second kappa shape index (κ2) is 12.0. The molecule has 1 rings (SSSR count). The van der Waals surface area contributed by atoms with Crippen LogP contribution in [0.5, 0.6) is 0 Å². The zero-order chi connectivity index (χ0) is 18.7. The first-order valence-electron chi connectivity index (χ1n) is 9.57. The van der Waals surface area contributed by atoms with E-state index < -0.39 is 12.1 Å². The highest BCUT2D eigenvalue weighted by molar-refractivity contribution is 5.84. The van der Waals surface area contributed by atoms with Gasteiger partial charge >= 0.3 is 5.97 Å². The van der Waals surface area contributed by atoms with E-state index in [-0.39, 0.29) is 29.8 Å². The molecule has 0 radical (unpaired) electrons. The number of allylic oxidation sites excluding steroid dienone is 1. The summed E-state index contributed by atoms with van der Waals surface area (Å²) in [6.45, 7) is 2.10. The van der Waals surface area contributed by atoms with Crippen molar-refractivity contribution >= 4 is 17.5 Å². The molecule has 5 heteroatoms. The van der Waals surface area contributed by atoms with Crippen molar-refractivity contribution in [3.63, 3.8) is 0 Å². The molecule has 0 aliphatic heterocycles. The van der Waals surface area contributed by atoms with E-state index in [4.69, 9.17) is 5.11 Å². The van der Waals surface area contributed by atoms with E-state index in [0.717, 1.165) is 38.2 Å². The Kier molecular flexibility index (Phi) is 10.3. The predicted molar refractivity (Wildman–Crippen MR) is 96.2 cm³/mol. The van der Waals surface area contributed by atoms with E-state index in [9.17, 15) is 19.5 Å². The second-order valence-electron chi connectivity index (χ2n) is 7.07. The summed E-state index contributed by atoms with van der Waals surface area (Å²) in [5.41, 5.74) is 0. The summed E-state index contributed by atoms with van der Waals surface area (Å²) < 4.78 is 0. The molecule has 3 atom stereocenters. The van der Waals surface area contributed by atoms with Gasteiger partial charge < -0.3 is 10.2 Å². The summed E-state index contributed by atoms with van der Waals surface area (Å²) in [4.78, 5) is 34.4. The summed E-state index contributed by atoms with van der Waals surface area (Å²) in [7, 11) is 0. The topological polar surface area (TPSA) is 91.7 Å². The van der Waals surface area contributed by atoms with Crippen molar-refractivity contribution in [1.82, 2.24) is 0 Å². The standard InChI is InChI=1S/C20H32O5/c1-2-3-6-9-15(21)12-13-17-16(18(22)14-19(17)23)10-7-4-5-8-11-20(24)25/h8,11,16-17,19,23H,2-7,9-10,12-14H2,1H3,(H,24,25)/t16?,17-,19?/m1/s1. The first-order valence-corrected chi connectivity index (χ1v) is 9.57. The lowest BCUT2D eigenvalue weighted by molar-refractivity contribution is -0.131. The van der Waals surface area contributed by atoms with Gasteiger partial charge in [-0.1, -0.05) is 32.3 Å². The van der Waals surface area contributed by atoms with E-state index in [1.165, 1.54) is 0 Å². The Bertz CT molecular complexity index is 469. The van der Waals surface area contributed by atoms with Crippen LogP contribution in [0, 0.1) is 11.8 Å². The number of Topliss-reactive ketones (excluding diaryl/α,β-unsaturated/α-hetero) is 2. The molecule has 0 bridgehead atoms. The molecule has 2 N–H and O–H groups in total. The molecule has 0 aromatic carbocycles. The molecule has 0 spiro atoms. The lowest BCUT2D eigenvalue weighted by Crippen LogP contribution is -2.21. The number of ketones is 2. The number of carbonyl (C=O) groups is 3. The Morgan fingerprint density at radius 1 is 1.12 bits per heavy atom. The molecule has 0 heterocycles. The number of aliphatic carboxylic acids is 1. The van der Waals surface area contributed by atoms with Crippen molar-refractivity contribution in [2.24, 2.45) is 11.8 Å². The average molecular weight is 352 g/mol. The summed E-state index contributed by atoms with van der Waals surface area (Å²) in [6.07, 6.45) is 10.1. The number of aliphatic hydroxyl groups is 1. The maximum Gasteiger partial charge on any atom is 0.327 e. The van der Waals surface area contributed by atoms with Gasteiger partial charge in [-0.2, -0.15) is 0 Å². The molecule has 1 fully saturated rings. The zero-order valence-corrected chi connectivity index (χ0v) is 15.3. The van der Waals surface area contributed by atoms with Crippen LogP contribution in [0.4, 0.5) is 0 Å². The van der Waals surface area contributed by atoms with Gasteiger partial charge in [0, 0.05) is 31.3 Å². The van der Waals surface area contributed by atoms with E-state index in [2.05, 4.69) is 6.92 Å². The Labute approximate surface area is 150 Å². The molecule has 0 aromatic heterocycles. The minimum atomic E-state index is -0.947. The van der Waals surface area contributed by atoms with Crippen molar-refractivity contribution in [3.8, 4) is 0 Å². The number of carboxylic acid groups (broad SMARTS) is 1. The third-order valence-electron chi connectivity index (χ3n) is 5.05. The van der Waals surface area contributed by atoms with Gasteiger partial charge in [-0.05, 0) is 38.0 Å². The van der Waals surface area contributed by atoms with E-state index in [1.54, 1.807) is 6.08 Å². The SMILES string of the molecule is CCCCCC(=O)CC[C@H]1C(O)CC(=O)C1CCCCC=CC(=O)O. The van der Waals surface area contributed by atoms with Crippen LogP contribution in [0.2, 0.25) is 0 Å². The van der Waals surface area contributed by atoms with Crippen molar-refractivity contribution in [2.45, 2.75) is 83.7 Å². The largest absolute Gasteiger partial charge is 0.478 e. The minimum Gasteiger partial charge on any atom is -0.478 e. The average Bonchev–Trinajstić information content (AvgIpc) is 2.82. The van der Waals surface area contributed by atoms with Gasteiger partial charge in [-0.15, -0.1) is 0 Å². The van der Waals surface area contributed by atoms with Crippen molar-refractivity contribution in [1.29, 1.82) is 0 Å². The van der Waals surface area contributed by atoms with Gasteiger partial charge in [0.25, 0.3) is 0 Å². The van der Waals surface area contributed by atoms with E-state index in [1.807, 2.05) is 0 Å². The van der Waals surface area contributed by atoms with Crippen LogP contribution in [0.1, 0.15) is 77.6 Å². The van der Waals surface area contributed by atoms with Gasteiger partial charge in [0.05, 0.1) is 6.10 Å². The summed E-state index contributed by atoms with van der Waals surface area (Å²) in [5.74, 6) is -0.855. The van der Waals surface area contributed by atoms with E-state index in [0.29, 0.717) is 32.1 Å². The van der Waals surface area contributed by atoms with Gasteiger partial charge in [0.2, 0.25) is 0 Å². The number of aliphatic hydroxyl groups excluding tert-OH is 1. The highest BCUT2D eigenvalue weighted by Crippen LogP contribution is 2.36. The zero-order valence-electron chi connectivity index (χ0n) is 15.3. The highest BCUT2D eigenvalue weighted by Gasteiger charge is 2.40. The maximum atomic E-state index is 12.1. The second-order valence-corrected chi connectivity index (χ2v) is 7.07. The van der Waals surface area contributed by atoms with E-state index >= 15 is 0 Å². The predicted octanol–water partition coefficient (Wildman–Crippen LogP) is 3.68. The van der Waals surface area contributed by atoms with Gasteiger partial charge in [0.1, 0.15) is 11.6 Å². The molecule has 0 saturated heterocycles. The lowest BCUT2D eigenvalue weighted by Gasteiger charge is -2.20. The fourth-order valence-electron chi connectivity index (χ4n) is 3.62. The molecule has 2 unspecified atom stereocenters. The molecule has 1 saturated carbocycles. The monoisotopic (exact) mass is 352 g/mol. The number of hydrogen-bond acceptors (Lipinski definition) is 4. The molecule has 5 nitrogen and oxygen atoms in total. The molecular formula is C20H32O5. The number of unbranched alkanes of at least 4 members (excludes halogenated alkanes) is 4. The van der Waals surface area contributed by atoms with Crippen LogP contribution in [-0.2, 0) is 14.4 Å². The summed E-state index contributed by atoms with van der Waals surface area (Å²) in [6, 6.07) is 0. The van der Waals surface area contributed by atoms with Crippen molar-refractivity contribution < 1.29 is 24.6 Å². The first kappa shape index (κ1) is 21.6. The molecule has 0 amide bonds. The molecular weight excluding hydrogens is 320 g/mol. The Balaban J connectivity index is 2.36. The molecule has 1 aliphatic rings. The molecule has 25 heavy (non-hydrogen) atoms. The number of rotatable bonds is 13. The summed E-state index contributed by atoms with van der Waals surface area (Å²) in [5, 5.41) is 18.7. The van der Waals surface area contributed by atoms with Crippen molar-refractivity contribution in [2.75, 3.05) is 0 Å². The molecule has 1 aliphatic carbocycles. The van der Waals surface area contributed by atoms with Crippen LogP contribution in [-0.4, -0.2) is 33.9 Å². The fraction of sp³-hybridized carbons (Fsp3) is 0.750. The number of carbonyl (C=O) groups excluding carboxylic acids is 2. The maximum absolute atomic E-state index is 12.1. The highest BCUT2D eigenvalue weighted by atomic mass is 16.4. The third-order valence-corrected chi connectivity index (χ3v) is 5.05. The van der Waals surface area contributed by atoms with Gasteiger partial charge in [-0.3, -0.25) is 9.59 Å². The fourth-order valence-corrected chi connectivity index (χ4v) is 3.62. The van der Waals surface area contributed by atoms with Crippen molar-refractivity contribution in [3.05, 3.63) is 12.2 Å². The third kappa shape index (κ3) is 8.43. The minimum absolute atomic E-state index is 0.0998. The van der Waals surface area contributed by atoms with Gasteiger partial charge in [-0.25, -0.2) is 4.79 Å². The first-order chi connectivity index (χ1) is 12.0. The Hall–Kier alpha value is -1.49. The quantitative estimate of drug-likeness (QED) is 0.390. The molecule has 142 valence electrons. The van der Waals surface area contributed by atoms with Crippen LogP contribution < -0.4 is 0 Å². The number of carboxylic acids is 1. The van der Waals surface area contributed by atoms with Gasteiger partial charge in [0.15, 0.2) is 0 Å². The lowest BCUT2D eigenvalue weighted by atomic mass is 9.85.